The summed E-state index contributed by atoms with van der Waals surface area (Å²) in [6.07, 6.45) is 6.86. The molecule has 1 atom stereocenters. The van der Waals surface area contributed by atoms with E-state index in [9.17, 15) is 5.26 Å². The van der Waals surface area contributed by atoms with Crippen molar-refractivity contribution in [3.8, 4) is 6.07 Å². The lowest BCUT2D eigenvalue weighted by atomic mass is 9.75. The Bertz CT molecular complexity index is 324. The lowest BCUT2D eigenvalue weighted by molar-refractivity contribution is 0.0272. The second-order valence-electron chi connectivity index (χ2n) is 6.61. The molecule has 0 amide bonds. The van der Waals surface area contributed by atoms with E-state index in [1.807, 2.05) is 7.05 Å². The zero-order valence-corrected chi connectivity index (χ0v) is 14.0. The molecule has 0 radical (unpaired) electrons. The summed E-state index contributed by atoms with van der Waals surface area (Å²) in [5.74, 6) is 0. The Labute approximate surface area is 125 Å². The van der Waals surface area contributed by atoms with Gasteiger partial charge >= 0.3 is 0 Å². The number of nitrogens with zero attached hydrogens (tertiary/aromatic N) is 3. The van der Waals surface area contributed by atoms with Crippen LogP contribution >= 0.6 is 0 Å². The molecule has 0 aromatic carbocycles. The van der Waals surface area contributed by atoms with Crippen molar-refractivity contribution in [2.75, 3.05) is 41.3 Å². The molecule has 1 fully saturated rings. The van der Waals surface area contributed by atoms with Crippen LogP contribution < -0.4 is 5.32 Å². The molecule has 4 nitrogen and oxygen atoms in total. The van der Waals surface area contributed by atoms with E-state index in [0.29, 0.717) is 5.54 Å². The first-order chi connectivity index (χ1) is 9.43. The second-order valence-corrected chi connectivity index (χ2v) is 6.61. The van der Waals surface area contributed by atoms with Crippen molar-refractivity contribution in [1.82, 2.24) is 15.1 Å². The smallest absolute Gasteiger partial charge is 0.106 e. The molecule has 1 saturated carbocycles. The predicted octanol–water partition coefficient (Wildman–Crippen LogP) is 2.07. The van der Waals surface area contributed by atoms with Crippen LogP contribution in [0.4, 0.5) is 0 Å². The Morgan fingerprint density at radius 1 is 1.30 bits per heavy atom. The summed E-state index contributed by atoms with van der Waals surface area (Å²) in [5, 5.41) is 12.5. The van der Waals surface area contributed by atoms with E-state index in [1.165, 1.54) is 19.3 Å². The van der Waals surface area contributed by atoms with Crippen LogP contribution in [0.25, 0.3) is 0 Å². The van der Waals surface area contributed by atoms with Crippen molar-refractivity contribution in [3.63, 3.8) is 0 Å². The molecule has 4 heteroatoms. The highest BCUT2D eigenvalue weighted by atomic mass is 15.2. The van der Waals surface area contributed by atoms with Crippen LogP contribution in [0.5, 0.6) is 0 Å². The van der Waals surface area contributed by atoms with Crippen molar-refractivity contribution in [3.05, 3.63) is 0 Å². The molecule has 0 bridgehead atoms. The lowest BCUT2D eigenvalue weighted by Crippen LogP contribution is -2.56. The molecule has 1 N–H and O–H groups in total. The molecule has 0 aromatic rings. The fourth-order valence-corrected chi connectivity index (χ4v) is 3.23. The van der Waals surface area contributed by atoms with Gasteiger partial charge in [0.05, 0.1) is 6.07 Å². The maximum atomic E-state index is 9.32. The molecule has 20 heavy (non-hydrogen) atoms. The maximum absolute atomic E-state index is 9.32. The summed E-state index contributed by atoms with van der Waals surface area (Å²) in [6, 6.07) is 2.44. The van der Waals surface area contributed by atoms with Crippen molar-refractivity contribution < 1.29 is 0 Å². The van der Waals surface area contributed by atoms with Gasteiger partial charge < -0.3 is 15.1 Å². The van der Waals surface area contributed by atoms with Crippen molar-refractivity contribution >= 4 is 0 Å². The normalized spacial score (nSPS) is 20.5. The number of hydrogen-bond acceptors (Lipinski definition) is 4. The third-order valence-corrected chi connectivity index (χ3v) is 5.24. The first-order valence-electron chi connectivity index (χ1n) is 7.90. The van der Waals surface area contributed by atoms with Gasteiger partial charge in [0.15, 0.2) is 0 Å². The lowest BCUT2D eigenvalue weighted by Gasteiger charge is -2.49. The molecule has 1 rings (SSSR count). The highest BCUT2D eigenvalue weighted by Gasteiger charge is 2.39. The minimum absolute atomic E-state index is 0.337. The monoisotopic (exact) mass is 280 g/mol. The Morgan fingerprint density at radius 2 is 1.95 bits per heavy atom. The molecule has 0 saturated heterocycles. The minimum atomic E-state index is -0.337. The van der Waals surface area contributed by atoms with Crippen LogP contribution in [0.3, 0.4) is 0 Å². The fraction of sp³-hybridized carbons (Fsp3) is 0.938. The Balaban J connectivity index is 2.37. The topological polar surface area (TPSA) is 42.3 Å². The minimum Gasteiger partial charge on any atom is -0.305 e. The Kier molecular flexibility index (Phi) is 6.44. The van der Waals surface area contributed by atoms with E-state index in [1.54, 1.807) is 0 Å². The van der Waals surface area contributed by atoms with E-state index in [2.05, 4.69) is 49.3 Å². The summed E-state index contributed by atoms with van der Waals surface area (Å²) < 4.78 is 0. The maximum Gasteiger partial charge on any atom is 0.106 e. The fourth-order valence-electron chi connectivity index (χ4n) is 3.23. The quantitative estimate of drug-likeness (QED) is 0.702. The summed E-state index contributed by atoms with van der Waals surface area (Å²) in [7, 11) is 8.51. The highest BCUT2D eigenvalue weighted by Crippen LogP contribution is 2.36. The third-order valence-electron chi connectivity index (χ3n) is 5.24. The van der Waals surface area contributed by atoms with E-state index < -0.39 is 0 Å². The standard InChI is InChI=1S/C16H32N4/c1-6-15(13-17,18-2)9-8-12-20(5)14-16(19(3)4)10-7-11-16/h18H,6-12,14H2,1-5H3. The Hall–Kier alpha value is -0.630. The van der Waals surface area contributed by atoms with Crippen LogP contribution in [0, 0.1) is 11.3 Å². The zero-order valence-electron chi connectivity index (χ0n) is 14.0. The van der Waals surface area contributed by atoms with Crippen LogP contribution in [0.1, 0.15) is 45.4 Å². The molecule has 1 unspecified atom stereocenters. The summed E-state index contributed by atoms with van der Waals surface area (Å²) in [5.41, 5.74) is 0.0609. The zero-order chi connectivity index (χ0) is 15.2. The van der Waals surface area contributed by atoms with Crippen LogP contribution in [0.15, 0.2) is 0 Å². The average molecular weight is 280 g/mol. The van der Waals surface area contributed by atoms with Crippen molar-refractivity contribution in [2.45, 2.75) is 56.5 Å². The number of nitrogens with one attached hydrogen (secondary N) is 1. The summed E-state index contributed by atoms with van der Waals surface area (Å²) in [6.45, 7) is 4.30. The largest absolute Gasteiger partial charge is 0.305 e. The summed E-state index contributed by atoms with van der Waals surface area (Å²) >= 11 is 0. The van der Waals surface area contributed by atoms with Gasteiger partial charge in [-0.1, -0.05) is 6.92 Å². The average Bonchev–Trinajstić information content (AvgIpc) is 2.39. The molecule has 116 valence electrons. The highest BCUT2D eigenvalue weighted by molar-refractivity contribution is 5.05. The van der Waals surface area contributed by atoms with Gasteiger partial charge in [-0.2, -0.15) is 5.26 Å². The molecular formula is C16H32N4. The molecule has 1 aliphatic rings. The van der Waals surface area contributed by atoms with Gasteiger partial charge in [0.2, 0.25) is 0 Å². The van der Waals surface area contributed by atoms with Crippen LogP contribution in [-0.2, 0) is 0 Å². The number of rotatable bonds is 9. The number of hydrogen-bond donors (Lipinski definition) is 1. The van der Waals surface area contributed by atoms with E-state index in [0.717, 1.165) is 32.4 Å². The van der Waals surface area contributed by atoms with E-state index in [4.69, 9.17) is 0 Å². The Morgan fingerprint density at radius 3 is 2.30 bits per heavy atom. The van der Waals surface area contributed by atoms with E-state index in [-0.39, 0.29) is 5.54 Å². The van der Waals surface area contributed by atoms with Crippen molar-refractivity contribution in [2.24, 2.45) is 0 Å². The third kappa shape index (κ3) is 3.94. The van der Waals surface area contributed by atoms with Gasteiger partial charge in [0.25, 0.3) is 0 Å². The van der Waals surface area contributed by atoms with E-state index >= 15 is 0 Å². The van der Waals surface area contributed by atoms with Gasteiger partial charge in [-0.25, -0.2) is 0 Å². The van der Waals surface area contributed by atoms with Crippen LogP contribution in [0.2, 0.25) is 0 Å². The molecule has 0 aliphatic heterocycles. The van der Waals surface area contributed by atoms with Gasteiger partial charge in [0.1, 0.15) is 5.54 Å². The van der Waals surface area contributed by atoms with Gasteiger partial charge in [-0.3, -0.25) is 0 Å². The second kappa shape index (κ2) is 7.40. The van der Waals surface area contributed by atoms with Gasteiger partial charge in [0, 0.05) is 12.1 Å². The van der Waals surface area contributed by atoms with Crippen molar-refractivity contribution in [1.29, 1.82) is 5.26 Å². The van der Waals surface area contributed by atoms with Gasteiger partial charge in [-0.15, -0.1) is 0 Å². The molecular weight excluding hydrogens is 248 g/mol. The first-order valence-corrected chi connectivity index (χ1v) is 7.90. The number of nitriles is 1. The predicted molar refractivity (Wildman–Crippen MR) is 84.7 cm³/mol. The van der Waals surface area contributed by atoms with Crippen LogP contribution in [-0.4, -0.2) is 62.2 Å². The molecule has 0 aromatic heterocycles. The molecule has 0 heterocycles. The number of likely N-dealkylation sites (N-methyl/N-ethyl adjacent to an activating group) is 2. The SMILES string of the molecule is CCC(C#N)(CCCN(C)CC1(N(C)C)CCC1)NC. The van der Waals surface area contributed by atoms with Gasteiger partial charge in [-0.05, 0) is 73.3 Å². The summed E-state index contributed by atoms with van der Waals surface area (Å²) in [4.78, 5) is 4.83. The first kappa shape index (κ1) is 17.4. The molecule has 0 spiro atoms. The molecule has 1 aliphatic carbocycles.